The molecule has 4 nitrogen and oxygen atoms in total. The van der Waals surface area contributed by atoms with Crippen molar-refractivity contribution in [3.8, 4) is 34.5 Å². The van der Waals surface area contributed by atoms with Gasteiger partial charge in [-0.3, -0.25) is 0 Å². The van der Waals surface area contributed by atoms with Crippen molar-refractivity contribution in [2.24, 2.45) is 0 Å². The van der Waals surface area contributed by atoms with Gasteiger partial charge in [0, 0.05) is 18.2 Å². The standard InChI is InChI=1S/C30H10Cl10F8O4/c31-13-6-7-17(21(35)19(13)33)51-30(28(39,47)26(37,45)25(36,44)27(38,46)29(30,40)48)52-18-10-14(32)20(34)24(49-12-4-2-1-3-5-12)23(18)50-22-15(42)8-11(41)9-16(22)43/h1-10H. The SMILES string of the molecule is Fc1cc(F)c(Oc2c(OC3(Oc4ccc(Cl)c(Cl)c4Cl)C(F)(Cl)C(F)(Cl)C(F)(Cl)C(F)(Cl)C3(F)Cl)cc(Cl)c(Cl)c2Oc2ccccc2)c(F)c1. The Morgan fingerprint density at radius 2 is 0.962 bits per heavy atom. The summed E-state index contributed by atoms with van der Waals surface area (Å²) in [5.74, 6) is -16.1. The second-order valence-electron chi connectivity index (χ2n) is 10.4. The average Bonchev–Trinajstić information content (AvgIpc) is 3.05. The van der Waals surface area contributed by atoms with Crippen molar-refractivity contribution < 1.29 is 54.1 Å². The van der Waals surface area contributed by atoms with Crippen LogP contribution in [0.2, 0.25) is 25.1 Å². The molecule has 5 rings (SSSR count). The smallest absolute Gasteiger partial charge is 0.359 e. The van der Waals surface area contributed by atoms with E-state index in [1.807, 2.05) is 0 Å². The van der Waals surface area contributed by atoms with E-state index in [0.29, 0.717) is 12.1 Å². The van der Waals surface area contributed by atoms with Gasteiger partial charge in [0.15, 0.2) is 28.9 Å². The summed E-state index contributed by atoms with van der Waals surface area (Å²) >= 11 is 58.6. The summed E-state index contributed by atoms with van der Waals surface area (Å²) in [5, 5.41) is -29.4. The lowest BCUT2D eigenvalue weighted by Crippen LogP contribution is -2.86. The number of benzene rings is 4. The van der Waals surface area contributed by atoms with Crippen LogP contribution in [0.1, 0.15) is 0 Å². The molecule has 52 heavy (non-hydrogen) atoms. The Hall–Kier alpha value is -1.58. The lowest BCUT2D eigenvalue weighted by molar-refractivity contribution is -0.317. The summed E-state index contributed by atoms with van der Waals surface area (Å²) in [7, 11) is 0. The molecule has 22 heteroatoms. The second kappa shape index (κ2) is 14.2. The molecule has 0 amide bonds. The molecule has 4 aromatic rings. The van der Waals surface area contributed by atoms with Crippen LogP contribution in [0.25, 0.3) is 0 Å². The van der Waals surface area contributed by atoms with Gasteiger partial charge in [0.05, 0.1) is 15.1 Å². The zero-order valence-electron chi connectivity index (χ0n) is 24.2. The van der Waals surface area contributed by atoms with Gasteiger partial charge in [0.1, 0.15) is 27.4 Å². The quantitative estimate of drug-likeness (QED) is 0.0763. The number of para-hydroxylation sites is 1. The summed E-state index contributed by atoms with van der Waals surface area (Å²) in [6.45, 7) is 0. The van der Waals surface area contributed by atoms with Crippen LogP contribution in [-0.2, 0) is 0 Å². The molecule has 4 unspecified atom stereocenters. The maximum absolute atomic E-state index is 17.1. The number of hydrogen-bond acceptors (Lipinski definition) is 4. The first-order chi connectivity index (χ1) is 23.9. The number of halogens is 18. The Bertz CT molecular complexity index is 2000. The van der Waals surface area contributed by atoms with Gasteiger partial charge in [-0.2, -0.15) is 0 Å². The van der Waals surface area contributed by atoms with E-state index >= 15 is 22.0 Å². The Morgan fingerprint density at radius 1 is 0.462 bits per heavy atom. The third-order valence-electron chi connectivity index (χ3n) is 7.14. The number of hydrogen-bond donors (Lipinski definition) is 0. The van der Waals surface area contributed by atoms with Gasteiger partial charge in [-0.25, -0.2) is 35.1 Å². The highest BCUT2D eigenvalue weighted by atomic mass is 35.5. The summed E-state index contributed by atoms with van der Waals surface area (Å²) in [6.07, 6.45) is 0. The van der Waals surface area contributed by atoms with Crippen molar-refractivity contribution in [1.29, 1.82) is 0 Å². The highest BCUT2D eigenvalue weighted by Gasteiger charge is 2.97. The Balaban J connectivity index is 1.89. The van der Waals surface area contributed by atoms with Crippen LogP contribution in [-0.4, -0.2) is 31.4 Å². The number of rotatable bonds is 8. The van der Waals surface area contributed by atoms with Gasteiger partial charge < -0.3 is 18.9 Å². The maximum atomic E-state index is 17.1. The molecule has 1 saturated carbocycles. The summed E-state index contributed by atoms with van der Waals surface area (Å²) in [6, 6.07) is 9.21. The van der Waals surface area contributed by atoms with Gasteiger partial charge in [0.25, 0.3) is 15.4 Å². The Morgan fingerprint density at radius 3 is 1.50 bits per heavy atom. The molecule has 1 aliphatic rings. The summed E-state index contributed by atoms with van der Waals surface area (Å²) in [4.78, 5) is 0. The van der Waals surface area contributed by atoms with E-state index in [4.69, 9.17) is 135 Å². The normalized spacial score (nSPS) is 30.2. The van der Waals surface area contributed by atoms with Crippen LogP contribution in [0.4, 0.5) is 35.1 Å². The molecule has 280 valence electrons. The van der Waals surface area contributed by atoms with Gasteiger partial charge in [-0.15, -0.1) is 0 Å². The zero-order valence-corrected chi connectivity index (χ0v) is 31.8. The first-order valence-corrected chi connectivity index (χ1v) is 17.1. The predicted molar refractivity (Wildman–Crippen MR) is 183 cm³/mol. The third kappa shape index (κ3) is 6.30. The summed E-state index contributed by atoms with van der Waals surface area (Å²) in [5.41, 5.74) is 0. The fraction of sp³-hybridized carbons (Fsp3) is 0.200. The second-order valence-corrected chi connectivity index (χ2v) is 15.0. The van der Waals surface area contributed by atoms with Gasteiger partial charge in [0.2, 0.25) is 5.75 Å². The topological polar surface area (TPSA) is 36.9 Å². The molecule has 0 saturated heterocycles. The van der Waals surface area contributed by atoms with E-state index in [1.165, 1.54) is 30.3 Å². The minimum absolute atomic E-state index is 0.139. The van der Waals surface area contributed by atoms with Crippen LogP contribution in [0.3, 0.4) is 0 Å². The van der Waals surface area contributed by atoms with E-state index < -0.39 is 97.7 Å². The number of alkyl halides is 10. The van der Waals surface area contributed by atoms with Crippen LogP contribution in [0.5, 0.6) is 34.5 Å². The predicted octanol–water partition coefficient (Wildman–Crippen LogP) is 14.6. The molecule has 4 atom stereocenters. The van der Waals surface area contributed by atoms with Gasteiger partial charge in [-0.05, 0) is 24.3 Å². The number of ether oxygens (including phenoxy) is 4. The lowest BCUT2D eigenvalue weighted by atomic mass is 9.82. The van der Waals surface area contributed by atoms with Crippen LogP contribution in [0.15, 0.2) is 60.7 Å². The highest BCUT2D eigenvalue weighted by molar-refractivity contribution is 6.49. The largest absolute Gasteiger partial charge is 0.452 e. The molecule has 0 N–H and O–H groups in total. The Labute approximate surface area is 337 Å². The van der Waals surface area contributed by atoms with Gasteiger partial charge >= 0.3 is 16.0 Å². The van der Waals surface area contributed by atoms with E-state index in [1.54, 1.807) is 0 Å². The molecule has 4 aromatic carbocycles. The molecule has 1 aliphatic carbocycles. The molecule has 1 fully saturated rings. The van der Waals surface area contributed by atoms with Crippen molar-refractivity contribution in [2.75, 3.05) is 0 Å². The van der Waals surface area contributed by atoms with E-state index in [2.05, 4.69) is 0 Å². The van der Waals surface area contributed by atoms with Crippen molar-refractivity contribution in [1.82, 2.24) is 0 Å². The van der Waals surface area contributed by atoms with Crippen molar-refractivity contribution in [3.63, 3.8) is 0 Å². The first kappa shape index (κ1) is 41.6. The molecular weight excluding hydrogens is 931 g/mol. The first-order valence-electron chi connectivity index (χ1n) is 13.3. The van der Waals surface area contributed by atoms with E-state index in [0.717, 1.165) is 6.07 Å². The Kier molecular flexibility index (Phi) is 11.3. The third-order valence-corrected chi connectivity index (χ3v) is 12.2. The molecule has 0 aliphatic heterocycles. The van der Waals surface area contributed by atoms with Crippen LogP contribution >= 0.6 is 116 Å². The minimum atomic E-state index is -5.26. The molecule has 0 aromatic heterocycles. The van der Waals surface area contributed by atoms with Crippen LogP contribution < -0.4 is 18.9 Å². The lowest BCUT2D eigenvalue weighted by Gasteiger charge is -2.58. The molecule has 0 heterocycles. The molecule has 0 spiro atoms. The average molecular weight is 941 g/mol. The molecular formula is C30H10Cl10F8O4. The zero-order chi connectivity index (χ0) is 39.0. The monoisotopic (exact) mass is 936 g/mol. The molecule has 0 bridgehead atoms. The van der Waals surface area contributed by atoms with E-state index in [9.17, 15) is 13.2 Å². The van der Waals surface area contributed by atoms with Crippen molar-refractivity contribution in [3.05, 3.63) is 103 Å². The fourth-order valence-corrected chi connectivity index (χ4v) is 7.11. The van der Waals surface area contributed by atoms with Crippen molar-refractivity contribution >= 4 is 116 Å². The maximum Gasteiger partial charge on any atom is 0.359 e. The fourth-order valence-electron chi connectivity index (χ4n) is 4.54. The van der Waals surface area contributed by atoms with Gasteiger partial charge in [-0.1, -0.05) is 134 Å². The summed E-state index contributed by atoms with van der Waals surface area (Å²) < 4.78 is 148. The molecule has 0 radical (unpaired) electrons. The van der Waals surface area contributed by atoms with E-state index in [-0.39, 0.29) is 22.9 Å². The highest BCUT2D eigenvalue weighted by Crippen LogP contribution is 2.73. The van der Waals surface area contributed by atoms with Crippen molar-refractivity contribution in [2.45, 2.75) is 31.4 Å². The van der Waals surface area contributed by atoms with Crippen LogP contribution in [0, 0.1) is 17.5 Å². The minimum Gasteiger partial charge on any atom is -0.452 e.